The predicted octanol–water partition coefficient (Wildman–Crippen LogP) is 1.61. The molecule has 2 N–H and O–H groups in total. The van der Waals surface area contributed by atoms with E-state index in [9.17, 15) is 5.11 Å². The summed E-state index contributed by atoms with van der Waals surface area (Å²) in [6, 6.07) is 0.697. The maximum Gasteiger partial charge on any atom is 0.0564 e. The van der Waals surface area contributed by atoms with Crippen LogP contribution in [0, 0.1) is 0 Å². The molecule has 0 unspecified atom stereocenters. The van der Waals surface area contributed by atoms with Crippen molar-refractivity contribution in [3.63, 3.8) is 0 Å². The Morgan fingerprint density at radius 1 is 1.25 bits per heavy atom. The number of rotatable bonds is 7. The van der Waals surface area contributed by atoms with E-state index in [0.29, 0.717) is 6.04 Å². The monoisotopic (exact) mass is 228 g/mol. The molecule has 0 aromatic heterocycles. The summed E-state index contributed by atoms with van der Waals surface area (Å²) in [5, 5.41) is 13.0. The van der Waals surface area contributed by atoms with Crippen molar-refractivity contribution in [1.29, 1.82) is 0 Å². The van der Waals surface area contributed by atoms with Crippen LogP contribution in [0.25, 0.3) is 0 Å². The van der Waals surface area contributed by atoms with Gasteiger partial charge in [0.25, 0.3) is 0 Å². The van der Waals surface area contributed by atoms with E-state index in [-0.39, 0.29) is 6.10 Å². The summed E-state index contributed by atoms with van der Waals surface area (Å²) < 4.78 is 0. The van der Waals surface area contributed by atoms with Gasteiger partial charge in [-0.15, -0.1) is 0 Å². The predicted molar refractivity (Wildman–Crippen MR) is 68.7 cm³/mol. The fourth-order valence-electron chi connectivity index (χ4n) is 2.33. The van der Waals surface area contributed by atoms with E-state index in [2.05, 4.69) is 24.1 Å². The first-order chi connectivity index (χ1) is 7.76. The lowest BCUT2D eigenvalue weighted by Crippen LogP contribution is -2.38. The summed E-state index contributed by atoms with van der Waals surface area (Å²) in [5.74, 6) is 0. The molecule has 0 radical (unpaired) electrons. The van der Waals surface area contributed by atoms with Gasteiger partial charge in [-0.25, -0.2) is 0 Å². The van der Waals surface area contributed by atoms with Crippen LogP contribution in [0.1, 0.15) is 46.0 Å². The van der Waals surface area contributed by atoms with Crippen molar-refractivity contribution < 1.29 is 5.11 Å². The van der Waals surface area contributed by atoms with Crippen LogP contribution in [0.3, 0.4) is 0 Å². The van der Waals surface area contributed by atoms with Crippen LogP contribution in [0.15, 0.2) is 0 Å². The van der Waals surface area contributed by atoms with Gasteiger partial charge in [0.15, 0.2) is 0 Å². The van der Waals surface area contributed by atoms with E-state index in [4.69, 9.17) is 0 Å². The number of likely N-dealkylation sites (tertiary alicyclic amines) is 1. The molecule has 0 atom stereocenters. The maximum absolute atomic E-state index is 9.40. The third-order valence-corrected chi connectivity index (χ3v) is 3.63. The molecule has 1 saturated heterocycles. The molecule has 3 heteroatoms. The molecule has 3 nitrogen and oxygen atoms in total. The Hall–Kier alpha value is -0.120. The topological polar surface area (TPSA) is 35.5 Å². The van der Waals surface area contributed by atoms with Crippen molar-refractivity contribution >= 4 is 0 Å². The van der Waals surface area contributed by atoms with E-state index in [1.165, 1.54) is 25.8 Å². The Balaban J connectivity index is 1.98. The normalized spacial score (nSPS) is 19.5. The van der Waals surface area contributed by atoms with E-state index in [1.807, 2.05) is 0 Å². The van der Waals surface area contributed by atoms with Gasteiger partial charge in [-0.3, -0.25) is 0 Å². The molecule has 0 aromatic carbocycles. The van der Waals surface area contributed by atoms with Crippen LogP contribution in [0.2, 0.25) is 0 Å². The number of aliphatic hydroxyl groups is 1. The maximum atomic E-state index is 9.40. The Morgan fingerprint density at radius 3 is 2.44 bits per heavy atom. The molecule has 1 fully saturated rings. The van der Waals surface area contributed by atoms with Gasteiger partial charge < -0.3 is 15.3 Å². The van der Waals surface area contributed by atoms with Crippen LogP contribution < -0.4 is 5.32 Å². The van der Waals surface area contributed by atoms with Crippen molar-refractivity contribution in [2.45, 2.75) is 58.1 Å². The van der Waals surface area contributed by atoms with Crippen LogP contribution >= 0.6 is 0 Å². The first kappa shape index (κ1) is 13.9. The standard InChI is InChI=1S/C13H28N2O/c1-3-12(4-2)14-8-5-9-15-10-6-13(16)7-11-15/h12-14,16H,3-11H2,1-2H3. The highest BCUT2D eigenvalue weighted by Crippen LogP contribution is 2.09. The summed E-state index contributed by atoms with van der Waals surface area (Å²) >= 11 is 0. The molecule has 0 spiro atoms. The second kappa shape index (κ2) is 8.04. The van der Waals surface area contributed by atoms with Crippen molar-refractivity contribution in [3.05, 3.63) is 0 Å². The van der Waals surface area contributed by atoms with Crippen molar-refractivity contribution in [1.82, 2.24) is 10.2 Å². The smallest absolute Gasteiger partial charge is 0.0564 e. The number of piperidine rings is 1. The summed E-state index contributed by atoms with van der Waals surface area (Å²) in [7, 11) is 0. The van der Waals surface area contributed by atoms with Gasteiger partial charge in [-0.2, -0.15) is 0 Å². The van der Waals surface area contributed by atoms with Gasteiger partial charge in [-0.05, 0) is 45.2 Å². The number of hydrogen-bond donors (Lipinski definition) is 2. The molecule has 1 rings (SSSR count). The summed E-state index contributed by atoms with van der Waals surface area (Å²) in [5.41, 5.74) is 0. The lowest BCUT2D eigenvalue weighted by atomic mass is 10.1. The van der Waals surface area contributed by atoms with E-state index < -0.39 is 0 Å². The van der Waals surface area contributed by atoms with Crippen LogP contribution in [0.4, 0.5) is 0 Å². The minimum absolute atomic E-state index is 0.0426. The average Bonchev–Trinajstić information content (AvgIpc) is 2.32. The molecule has 96 valence electrons. The molecule has 0 aliphatic carbocycles. The molecular formula is C13H28N2O. The van der Waals surface area contributed by atoms with Gasteiger partial charge in [0.1, 0.15) is 0 Å². The number of nitrogens with one attached hydrogen (secondary N) is 1. The van der Waals surface area contributed by atoms with Gasteiger partial charge in [-0.1, -0.05) is 13.8 Å². The molecule has 16 heavy (non-hydrogen) atoms. The minimum Gasteiger partial charge on any atom is -0.393 e. The quantitative estimate of drug-likeness (QED) is 0.650. The van der Waals surface area contributed by atoms with E-state index in [1.54, 1.807) is 0 Å². The molecule has 1 aliphatic rings. The number of hydrogen-bond acceptors (Lipinski definition) is 3. The lowest BCUT2D eigenvalue weighted by Gasteiger charge is -2.29. The fourth-order valence-corrected chi connectivity index (χ4v) is 2.33. The number of aliphatic hydroxyl groups excluding tert-OH is 1. The van der Waals surface area contributed by atoms with Crippen LogP contribution in [0.5, 0.6) is 0 Å². The molecular weight excluding hydrogens is 200 g/mol. The molecule has 0 bridgehead atoms. The fraction of sp³-hybridized carbons (Fsp3) is 1.00. The zero-order valence-electron chi connectivity index (χ0n) is 10.9. The highest BCUT2D eigenvalue weighted by atomic mass is 16.3. The zero-order valence-corrected chi connectivity index (χ0v) is 10.9. The van der Waals surface area contributed by atoms with E-state index in [0.717, 1.165) is 32.5 Å². The molecule has 0 amide bonds. The molecule has 1 heterocycles. The second-order valence-corrected chi connectivity index (χ2v) is 4.89. The summed E-state index contributed by atoms with van der Waals surface area (Å²) in [4.78, 5) is 2.47. The van der Waals surface area contributed by atoms with Crippen molar-refractivity contribution in [2.24, 2.45) is 0 Å². The molecule has 1 aliphatic heterocycles. The average molecular weight is 228 g/mol. The third-order valence-electron chi connectivity index (χ3n) is 3.63. The van der Waals surface area contributed by atoms with Crippen molar-refractivity contribution in [2.75, 3.05) is 26.2 Å². The van der Waals surface area contributed by atoms with Crippen LogP contribution in [-0.2, 0) is 0 Å². The Kier molecular flexibility index (Phi) is 7.01. The Morgan fingerprint density at radius 2 is 1.88 bits per heavy atom. The van der Waals surface area contributed by atoms with Crippen molar-refractivity contribution in [3.8, 4) is 0 Å². The molecule has 0 saturated carbocycles. The first-order valence-electron chi connectivity index (χ1n) is 6.90. The second-order valence-electron chi connectivity index (χ2n) is 4.89. The Labute approximate surface area is 100 Å². The summed E-state index contributed by atoms with van der Waals surface area (Å²) in [6.07, 6.45) is 5.56. The lowest BCUT2D eigenvalue weighted by molar-refractivity contribution is 0.0820. The van der Waals surface area contributed by atoms with E-state index >= 15 is 0 Å². The van der Waals surface area contributed by atoms with Gasteiger partial charge in [0, 0.05) is 19.1 Å². The Bertz CT molecular complexity index is 163. The van der Waals surface area contributed by atoms with Gasteiger partial charge in [0.05, 0.1) is 6.10 Å². The molecule has 0 aromatic rings. The van der Waals surface area contributed by atoms with Gasteiger partial charge >= 0.3 is 0 Å². The summed E-state index contributed by atoms with van der Waals surface area (Å²) in [6.45, 7) is 8.95. The van der Waals surface area contributed by atoms with Crippen LogP contribution in [-0.4, -0.2) is 48.3 Å². The largest absolute Gasteiger partial charge is 0.393 e. The minimum atomic E-state index is -0.0426. The number of nitrogens with zero attached hydrogens (tertiary/aromatic N) is 1. The third kappa shape index (κ3) is 5.28. The zero-order chi connectivity index (χ0) is 11.8. The SMILES string of the molecule is CCC(CC)NCCCN1CCC(O)CC1. The van der Waals surface area contributed by atoms with Gasteiger partial charge in [0.2, 0.25) is 0 Å². The highest BCUT2D eigenvalue weighted by molar-refractivity contribution is 4.71. The highest BCUT2D eigenvalue weighted by Gasteiger charge is 2.15. The first-order valence-corrected chi connectivity index (χ1v) is 6.90.